The van der Waals surface area contributed by atoms with Crippen molar-refractivity contribution in [2.75, 3.05) is 6.61 Å². The second-order valence-electron chi connectivity index (χ2n) is 4.00. The molecule has 1 unspecified atom stereocenters. The van der Waals surface area contributed by atoms with Gasteiger partial charge in [-0.15, -0.1) is 0 Å². The third kappa shape index (κ3) is 2.88. The van der Waals surface area contributed by atoms with Crippen molar-refractivity contribution in [1.29, 1.82) is 0 Å². The fourth-order valence-corrected chi connectivity index (χ4v) is 1.83. The maximum absolute atomic E-state index is 13.7. The minimum atomic E-state index is -0.922. The summed E-state index contributed by atoms with van der Waals surface area (Å²) in [6, 6.07) is 4.37. The van der Waals surface area contributed by atoms with E-state index in [1.54, 1.807) is 6.07 Å². The number of ether oxygens (including phenoxy) is 1. The molecule has 0 spiro atoms. The maximum Gasteiger partial charge on any atom is 0.137 e. The van der Waals surface area contributed by atoms with Gasteiger partial charge in [0.25, 0.3) is 0 Å². The zero-order chi connectivity index (χ0) is 13.8. The number of hydrogen-bond donors (Lipinski definition) is 1. The standard InChI is InChI=1S/C14H14F2N2O/c1-2-19-10-6-9(7-18-8-10)14(17)13-11(15)4-3-5-12(13)16/h3-8,14H,2,17H2,1H3. The van der Waals surface area contributed by atoms with Gasteiger partial charge in [-0.25, -0.2) is 8.78 Å². The molecule has 0 bridgehead atoms. The fraction of sp³-hybridized carbons (Fsp3) is 0.214. The largest absolute Gasteiger partial charge is 0.492 e. The molecule has 3 nitrogen and oxygen atoms in total. The lowest BCUT2D eigenvalue weighted by Gasteiger charge is -2.15. The van der Waals surface area contributed by atoms with Crippen LogP contribution in [0.15, 0.2) is 36.7 Å². The van der Waals surface area contributed by atoms with E-state index in [0.717, 1.165) is 0 Å². The minimum Gasteiger partial charge on any atom is -0.492 e. The smallest absolute Gasteiger partial charge is 0.137 e. The van der Waals surface area contributed by atoms with Crippen LogP contribution in [0.2, 0.25) is 0 Å². The monoisotopic (exact) mass is 264 g/mol. The molecule has 2 rings (SSSR count). The molecule has 0 amide bonds. The zero-order valence-electron chi connectivity index (χ0n) is 10.4. The Hall–Kier alpha value is -2.01. The average Bonchev–Trinajstić information content (AvgIpc) is 2.39. The van der Waals surface area contributed by atoms with Crippen LogP contribution in [0, 0.1) is 11.6 Å². The molecule has 0 aliphatic carbocycles. The van der Waals surface area contributed by atoms with Gasteiger partial charge < -0.3 is 10.5 Å². The van der Waals surface area contributed by atoms with Gasteiger partial charge in [-0.1, -0.05) is 6.07 Å². The molecule has 5 heteroatoms. The Bertz CT molecular complexity index is 555. The summed E-state index contributed by atoms with van der Waals surface area (Å²) >= 11 is 0. The predicted molar refractivity (Wildman–Crippen MR) is 67.8 cm³/mol. The van der Waals surface area contributed by atoms with Gasteiger partial charge in [-0.3, -0.25) is 4.98 Å². The van der Waals surface area contributed by atoms with Gasteiger partial charge in [-0.2, -0.15) is 0 Å². The molecule has 1 aromatic heterocycles. The third-order valence-corrected chi connectivity index (χ3v) is 2.72. The van der Waals surface area contributed by atoms with Gasteiger partial charge in [0.1, 0.15) is 17.4 Å². The van der Waals surface area contributed by atoms with Gasteiger partial charge in [-0.05, 0) is 30.7 Å². The van der Waals surface area contributed by atoms with Crippen molar-refractivity contribution in [3.05, 3.63) is 59.4 Å². The van der Waals surface area contributed by atoms with Crippen molar-refractivity contribution in [2.24, 2.45) is 5.73 Å². The number of rotatable bonds is 4. The lowest BCUT2D eigenvalue weighted by atomic mass is 10.00. The summed E-state index contributed by atoms with van der Waals surface area (Å²) in [5, 5.41) is 0. The third-order valence-electron chi connectivity index (χ3n) is 2.72. The predicted octanol–water partition coefficient (Wildman–Crippen LogP) is 2.81. The highest BCUT2D eigenvalue weighted by molar-refractivity contribution is 5.35. The Morgan fingerprint density at radius 1 is 1.26 bits per heavy atom. The van der Waals surface area contributed by atoms with E-state index in [0.29, 0.717) is 17.9 Å². The highest BCUT2D eigenvalue weighted by Crippen LogP contribution is 2.26. The second-order valence-corrected chi connectivity index (χ2v) is 4.00. The van der Waals surface area contributed by atoms with Crippen molar-refractivity contribution in [3.63, 3.8) is 0 Å². The Morgan fingerprint density at radius 3 is 2.58 bits per heavy atom. The van der Waals surface area contributed by atoms with Crippen LogP contribution in [0.25, 0.3) is 0 Å². The number of benzene rings is 1. The normalized spacial score (nSPS) is 12.2. The van der Waals surface area contributed by atoms with Crippen molar-refractivity contribution in [2.45, 2.75) is 13.0 Å². The van der Waals surface area contributed by atoms with Crippen LogP contribution in [0.1, 0.15) is 24.1 Å². The molecule has 19 heavy (non-hydrogen) atoms. The average molecular weight is 264 g/mol. The van der Waals surface area contributed by atoms with Crippen LogP contribution in [0.4, 0.5) is 8.78 Å². The van der Waals surface area contributed by atoms with E-state index in [1.807, 2.05) is 6.92 Å². The molecular weight excluding hydrogens is 250 g/mol. The SMILES string of the molecule is CCOc1cncc(C(N)c2c(F)cccc2F)c1. The molecule has 0 saturated heterocycles. The Kier molecular flexibility index (Phi) is 4.06. The summed E-state index contributed by atoms with van der Waals surface area (Å²) in [4.78, 5) is 3.96. The van der Waals surface area contributed by atoms with Crippen molar-refractivity contribution in [3.8, 4) is 5.75 Å². The van der Waals surface area contributed by atoms with Crippen molar-refractivity contribution in [1.82, 2.24) is 4.98 Å². The maximum atomic E-state index is 13.7. The Balaban J connectivity index is 2.38. The number of hydrogen-bond acceptors (Lipinski definition) is 3. The molecule has 0 radical (unpaired) electrons. The number of pyridine rings is 1. The molecule has 0 aliphatic heterocycles. The minimum absolute atomic E-state index is 0.169. The van der Waals surface area contributed by atoms with Crippen LogP contribution < -0.4 is 10.5 Å². The van der Waals surface area contributed by atoms with E-state index in [2.05, 4.69) is 4.98 Å². The molecule has 0 fully saturated rings. The molecule has 0 saturated carbocycles. The van der Waals surface area contributed by atoms with Crippen LogP contribution in [-0.4, -0.2) is 11.6 Å². The van der Waals surface area contributed by atoms with Gasteiger partial charge in [0.15, 0.2) is 0 Å². The molecule has 1 atom stereocenters. The fourth-order valence-electron chi connectivity index (χ4n) is 1.83. The second kappa shape index (κ2) is 5.75. The van der Waals surface area contributed by atoms with Crippen LogP contribution in [0.3, 0.4) is 0 Å². The first-order valence-electron chi connectivity index (χ1n) is 5.90. The first-order valence-corrected chi connectivity index (χ1v) is 5.90. The van der Waals surface area contributed by atoms with Crippen LogP contribution in [0.5, 0.6) is 5.75 Å². The highest BCUT2D eigenvalue weighted by Gasteiger charge is 2.18. The van der Waals surface area contributed by atoms with Crippen LogP contribution in [-0.2, 0) is 0 Å². The number of nitrogens with zero attached hydrogens (tertiary/aromatic N) is 1. The number of halogens is 2. The quantitative estimate of drug-likeness (QED) is 0.923. The first-order chi connectivity index (χ1) is 9.13. The summed E-state index contributed by atoms with van der Waals surface area (Å²) in [5.41, 5.74) is 6.23. The van der Waals surface area contributed by atoms with Gasteiger partial charge in [0.2, 0.25) is 0 Å². The van der Waals surface area contributed by atoms with E-state index in [-0.39, 0.29) is 5.56 Å². The van der Waals surface area contributed by atoms with Gasteiger partial charge in [0, 0.05) is 11.8 Å². The number of aromatic nitrogens is 1. The summed E-state index contributed by atoms with van der Waals surface area (Å²) < 4.78 is 32.6. The van der Waals surface area contributed by atoms with E-state index in [4.69, 9.17) is 10.5 Å². The van der Waals surface area contributed by atoms with E-state index >= 15 is 0 Å². The Labute approximate surface area is 110 Å². The summed E-state index contributed by atoms with van der Waals surface area (Å²) in [6.07, 6.45) is 3.00. The molecule has 1 aromatic carbocycles. The molecular formula is C14H14F2N2O. The first kappa shape index (κ1) is 13.4. The lowest BCUT2D eigenvalue weighted by Crippen LogP contribution is -2.16. The zero-order valence-corrected chi connectivity index (χ0v) is 10.4. The summed E-state index contributed by atoms with van der Waals surface area (Å²) in [5.74, 6) is -0.823. The van der Waals surface area contributed by atoms with Crippen LogP contribution >= 0.6 is 0 Å². The van der Waals surface area contributed by atoms with Gasteiger partial charge >= 0.3 is 0 Å². The molecule has 2 aromatic rings. The summed E-state index contributed by atoms with van der Waals surface area (Å²) in [7, 11) is 0. The molecule has 0 aliphatic rings. The van der Waals surface area contributed by atoms with E-state index in [1.165, 1.54) is 30.6 Å². The highest BCUT2D eigenvalue weighted by atomic mass is 19.1. The van der Waals surface area contributed by atoms with Gasteiger partial charge in [0.05, 0.1) is 18.8 Å². The summed E-state index contributed by atoms with van der Waals surface area (Å²) in [6.45, 7) is 2.32. The van der Waals surface area contributed by atoms with E-state index < -0.39 is 17.7 Å². The molecule has 1 heterocycles. The Morgan fingerprint density at radius 2 is 1.95 bits per heavy atom. The lowest BCUT2D eigenvalue weighted by molar-refractivity contribution is 0.338. The number of nitrogens with two attached hydrogens (primary N) is 1. The van der Waals surface area contributed by atoms with Crippen molar-refractivity contribution >= 4 is 0 Å². The molecule has 2 N–H and O–H groups in total. The topological polar surface area (TPSA) is 48.1 Å². The van der Waals surface area contributed by atoms with E-state index in [9.17, 15) is 8.78 Å². The molecule has 100 valence electrons. The van der Waals surface area contributed by atoms with Crippen molar-refractivity contribution < 1.29 is 13.5 Å².